The molecular weight excluding hydrogens is 158 g/mol. The fourth-order valence-electron chi connectivity index (χ4n) is 0.571. The number of carbonyl (C=O) groups is 1. The SMILES string of the molecule is C=C(C)C(=O)OCC(O)CCN. The third-order valence-corrected chi connectivity index (χ3v) is 1.26. The third-order valence-electron chi connectivity index (χ3n) is 1.26. The number of rotatable bonds is 5. The van der Waals surface area contributed by atoms with Gasteiger partial charge < -0.3 is 15.6 Å². The molecule has 12 heavy (non-hydrogen) atoms. The maximum Gasteiger partial charge on any atom is 0.333 e. The van der Waals surface area contributed by atoms with E-state index in [1.54, 1.807) is 6.92 Å². The first-order valence-corrected chi connectivity index (χ1v) is 3.78. The standard InChI is InChI=1S/C8H15NO3/c1-6(2)8(11)12-5-7(10)3-4-9/h7,10H,1,3-5,9H2,2H3. The van der Waals surface area contributed by atoms with Crippen molar-refractivity contribution >= 4 is 5.97 Å². The highest BCUT2D eigenvalue weighted by Crippen LogP contribution is 1.95. The molecule has 0 saturated carbocycles. The summed E-state index contributed by atoms with van der Waals surface area (Å²) in [5.74, 6) is -0.480. The van der Waals surface area contributed by atoms with Crippen molar-refractivity contribution in [3.05, 3.63) is 12.2 Å². The Hall–Kier alpha value is -0.870. The number of hydrogen-bond acceptors (Lipinski definition) is 4. The molecule has 70 valence electrons. The lowest BCUT2D eigenvalue weighted by Gasteiger charge is -2.09. The smallest absolute Gasteiger partial charge is 0.333 e. The van der Waals surface area contributed by atoms with Crippen LogP contribution in [0.15, 0.2) is 12.2 Å². The molecule has 0 aliphatic carbocycles. The molecule has 0 aromatic carbocycles. The van der Waals surface area contributed by atoms with Gasteiger partial charge in [0.15, 0.2) is 0 Å². The summed E-state index contributed by atoms with van der Waals surface area (Å²) in [5, 5.41) is 9.09. The Morgan fingerprint density at radius 3 is 2.75 bits per heavy atom. The lowest BCUT2D eigenvalue weighted by atomic mass is 10.3. The average molecular weight is 173 g/mol. The van der Waals surface area contributed by atoms with E-state index in [-0.39, 0.29) is 6.61 Å². The largest absolute Gasteiger partial charge is 0.460 e. The van der Waals surface area contributed by atoms with Crippen LogP contribution >= 0.6 is 0 Å². The molecule has 1 unspecified atom stereocenters. The van der Waals surface area contributed by atoms with Crippen molar-refractivity contribution in [2.24, 2.45) is 5.73 Å². The predicted molar refractivity (Wildman–Crippen MR) is 45.5 cm³/mol. The molecule has 0 spiro atoms. The predicted octanol–water partition coefficient (Wildman–Crippen LogP) is -0.185. The number of aliphatic hydroxyl groups is 1. The number of hydrogen-bond donors (Lipinski definition) is 2. The molecule has 0 aromatic rings. The summed E-state index contributed by atoms with van der Waals surface area (Å²) < 4.78 is 4.67. The van der Waals surface area contributed by atoms with Crippen molar-refractivity contribution in [3.63, 3.8) is 0 Å². The second kappa shape index (κ2) is 5.74. The Labute approximate surface area is 72.0 Å². The molecule has 0 radical (unpaired) electrons. The van der Waals surface area contributed by atoms with Gasteiger partial charge in [0.1, 0.15) is 6.61 Å². The van der Waals surface area contributed by atoms with E-state index in [9.17, 15) is 4.79 Å². The van der Waals surface area contributed by atoms with Crippen LogP contribution in [0.3, 0.4) is 0 Å². The van der Waals surface area contributed by atoms with E-state index in [1.807, 2.05) is 0 Å². The molecule has 4 nitrogen and oxygen atoms in total. The highest BCUT2D eigenvalue weighted by molar-refractivity contribution is 5.86. The maximum atomic E-state index is 10.8. The fourth-order valence-corrected chi connectivity index (χ4v) is 0.571. The van der Waals surface area contributed by atoms with Crippen molar-refractivity contribution in [1.29, 1.82) is 0 Å². The van der Waals surface area contributed by atoms with Crippen LogP contribution in [0.4, 0.5) is 0 Å². The summed E-state index contributed by atoms with van der Waals surface area (Å²) in [7, 11) is 0. The number of nitrogens with two attached hydrogens (primary N) is 1. The van der Waals surface area contributed by atoms with Gasteiger partial charge in [-0.15, -0.1) is 0 Å². The monoisotopic (exact) mass is 173 g/mol. The Bertz CT molecular complexity index is 168. The summed E-state index contributed by atoms with van der Waals surface area (Å²) in [5.41, 5.74) is 5.51. The van der Waals surface area contributed by atoms with Crippen LogP contribution in [-0.2, 0) is 9.53 Å². The van der Waals surface area contributed by atoms with E-state index in [4.69, 9.17) is 10.8 Å². The van der Waals surface area contributed by atoms with E-state index in [0.717, 1.165) is 0 Å². The minimum absolute atomic E-state index is 0.0110. The van der Waals surface area contributed by atoms with Crippen LogP contribution in [0.5, 0.6) is 0 Å². The summed E-state index contributed by atoms with van der Waals surface area (Å²) in [6, 6.07) is 0. The zero-order chi connectivity index (χ0) is 9.56. The van der Waals surface area contributed by atoms with Crippen molar-refractivity contribution in [2.75, 3.05) is 13.2 Å². The summed E-state index contributed by atoms with van der Waals surface area (Å²) in [6.07, 6.45) is -0.234. The van der Waals surface area contributed by atoms with E-state index in [0.29, 0.717) is 18.5 Å². The van der Waals surface area contributed by atoms with Crippen LogP contribution in [0, 0.1) is 0 Å². The van der Waals surface area contributed by atoms with Gasteiger partial charge in [-0.3, -0.25) is 0 Å². The lowest BCUT2D eigenvalue weighted by Crippen LogP contribution is -2.21. The number of esters is 1. The first-order chi connectivity index (χ1) is 5.57. The van der Waals surface area contributed by atoms with Gasteiger partial charge >= 0.3 is 5.97 Å². The molecular formula is C8H15NO3. The van der Waals surface area contributed by atoms with E-state index in [2.05, 4.69) is 11.3 Å². The topological polar surface area (TPSA) is 72.5 Å². The molecule has 4 heteroatoms. The lowest BCUT2D eigenvalue weighted by molar-refractivity contribution is -0.141. The van der Waals surface area contributed by atoms with Crippen LogP contribution in [0.2, 0.25) is 0 Å². The highest BCUT2D eigenvalue weighted by atomic mass is 16.5. The van der Waals surface area contributed by atoms with E-state index < -0.39 is 12.1 Å². The zero-order valence-electron chi connectivity index (χ0n) is 7.25. The van der Waals surface area contributed by atoms with E-state index in [1.165, 1.54) is 0 Å². The molecule has 0 rings (SSSR count). The molecule has 0 amide bonds. The average Bonchev–Trinajstić information content (AvgIpc) is 2.00. The molecule has 0 aromatic heterocycles. The molecule has 0 saturated heterocycles. The first kappa shape index (κ1) is 11.1. The second-order valence-corrected chi connectivity index (χ2v) is 2.61. The van der Waals surface area contributed by atoms with Gasteiger partial charge in [0.05, 0.1) is 6.10 Å². The molecule has 3 N–H and O–H groups in total. The first-order valence-electron chi connectivity index (χ1n) is 3.78. The van der Waals surface area contributed by atoms with E-state index >= 15 is 0 Å². The molecule has 0 aliphatic rings. The molecule has 1 atom stereocenters. The third kappa shape index (κ3) is 4.87. The van der Waals surface area contributed by atoms with Gasteiger partial charge in [0.25, 0.3) is 0 Å². The van der Waals surface area contributed by atoms with Crippen LogP contribution < -0.4 is 5.73 Å². The van der Waals surface area contributed by atoms with Gasteiger partial charge in [0.2, 0.25) is 0 Å². The van der Waals surface area contributed by atoms with Gasteiger partial charge in [-0.05, 0) is 19.9 Å². The highest BCUT2D eigenvalue weighted by Gasteiger charge is 2.07. The Balaban J connectivity index is 3.54. The summed E-state index contributed by atoms with van der Waals surface area (Å²) in [4.78, 5) is 10.8. The van der Waals surface area contributed by atoms with Gasteiger partial charge in [-0.1, -0.05) is 6.58 Å². The summed E-state index contributed by atoms with van der Waals surface area (Å²) in [6.45, 7) is 5.32. The Kier molecular flexibility index (Phi) is 5.32. The van der Waals surface area contributed by atoms with Gasteiger partial charge in [-0.25, -0.2) is 4.79 Å². The fraction of sp³-hybridized carbons (Fsp3) is 0.625. The Morgan fingerprint density at radius 1 is 1.75 bits per heavy atom. The quantitative estimate of drug-likeness (QED) is 0.446. The molecule has 0 fully saturated rings. The summed E-state index contributed by atoms with van der Waals surface area (Å²) >= 11 is 0. The minimum atomic E-state index is -0.668. The maximum absolute atomic E-state index is 10.8. The molecule has 0 heterocycles. The number of carbonyl (C=O) groups excluding carboxylic acids is 1. The molecule has 0 bridgehead atoms. The Morgan fingerprint density at radius 2 is 2.33 bits per heavy atom. The molecule has 0 aliphatic heterocycles. The number of ether oxygens (including phenoxy) is 1. The second-order valence-electron chi connectivity index (χ2n) is 2.61. The van der Waals surface area contributed by atoms with Crippen LogP contribution in [-0.4, -0.2) is 30.3 Å². The van der Waals surface area contributed by atoms with Crippen molar-refractivity contribution < 1.29 is 14.6 Å². The minimum Gasteiger partial charge on any atom is -0.460 e. The zero-order valence-corrected chi connectivity index (χ0v) is 7.25. The van der Waals surface area contributed by atoms with Crippen molar-refractivity contribution in [3.8, 4) is 0 Å². The van der Waals surface area contributed by atoms with Crippen LogP contribution in [0.25, 0.3) is 0 Å². The normalized spacial score (nSPS) is 12.2. The van der Waals surface area contributed by atoms with Crippen molar-refractivity contribution in [1.82, 2.24) is 0 Å². The van der Waals surface area contributed by atoms with Gasteiger partial charge in [-0.2, -0.15) is 0 Å². The number of aliphatic hydroxyl groups excluding tert-OH is 1. The van der Waals surface area contributed by atoms with Gasteiger partial charge in [0, 0.05) is 5.57 Å². The van der Waals surface area contributed by atoms with Crippen molar-refractivity contribution in [2.45, 2.75) is 19.4 Å². The van der Waals surface area contributed by atoms with Crippen LogP contribution in [0.1, 0.15) is 13.3 Å².